The minimum atomic E-state index is 0.688. The van der Waals surface area contributed by atoms with Gasteiger partial charge in [0, 0.05) is 6.04 Å². The van der Waals surface area contributed by atoms with Gasteiger partial charge < -0.3 is 4.90 Å². The first kappa shape index (κ1) is 24.7. The Morgan fingerprint density at radius 2 is 1.24 bits per heavy atom. The highest BCUT2D eigenvalue weighted by Gasteiger charge is 2.17. The second-order valence-corrected chi connectivity index (χ2v) is 8.34. The number of hydrogen-bond acceptors (Lipinski definition) is 1. The van der Waals surface area contributed by atoms with Crippen molar-refractivity contribution in [1.82, 2.24) is 4.90 Å². The summed E-state index contributed by atoms with van der Waals surface area (Å²) < 4.78 is 0. The van der Waals surface area contributed by atoms with E-state index in [0.717, 1.165) is 5.92 Å². The maximum atomic E-state index is 4.47. The van der Waals surface area contributed by atoms with Crippen LogP contribution in [-0.2, 0) is 0 Å². The molecule has 0 saturated heterocycles. The summed E-state index contributed by atoms with van der Waals surface area (Å²) in [5.74, 6) is 0.741. The van der Waals surface area contributed by atoms with Crippen LogP contribution in [0.15, 0.2) is 12.2 Å². The maximum Gasteiger partial charge on any atom is 0.0126 e. The number of unbranched alkanes of at least 4 members (excludes halogenated alkanes) is 9. The molecule has 150 valence electrons. The highest BCUT2D eigenvalue weighted by atomic mass is 15.1. The molecule has 2 atom stereocenters. The van der Waals surface area contributed by atoms with E-state index in [2.05, 4.69) is 46.3 Å². The molecule has 0 bridgehead atoms. The molecule has 0 aliphatic rings. The molecule has 0 fully saturated rings. The molecule has 0 amide bonds. The lowest BCUT2D eigenvalue weighted by molar-refractivity contribution is 0.262. The highest BCUT2D eigenvalue weighted by molar-refractivity contribution is 5.03. The second-order valence-electron chi connectivity index (χ2n) is 8.34. The van der Waals surface area contributed by atoms with Crippen LogP contribution in [0.2, 0.25) is 0 Å². The van der Waals surface area contributed by atoms with E-state index < -0.39 is 0 Å². The highest BCUT2D eigenvalue weighted by Crippen LogP contribution is 2.26. The van der Waals surface area contributed by atoms with E-state index in [-0.39, 0.29) is 0 Å². The van der Waals surface area contributed by atoms with Gasteiger partial charge in [0.2, 0.25) is 0 Å². The summed E-state index contributed by atoms with van der Waals surface area (Å²) in [5.41, 5.74) is 1.51. The van der Waals surface area contributed by atoms with Crippen molar-refractivity contribution in [3.8, 4) is 0 Å². The Morgan fingerprint density at radius 1 is 0.720 bits per heavy atom. The van der Waals surface area contributed by atoms with Crippen molar-refractivity contribution >= 4 is 0 Å². The molecule has 0 spiro atoms. The predicted molar refractivity (Wildman–Crippen MR) is 116 cm³/mol. The third-order valence-corrected chi connectivity index (χ3v) is 5.85. The van der Waals surface area contributed by atoms with Gasteiger partial charge in [-0.15, -0.1) is 0 Å². The molecular weight excluding hydrogens is 302 g/mol. The first-order chi connectivity index (χ1) is 12.1. The Labute approximate surface area is 160 Å². The number of hydrogen-bond donors (Lipinski definition) is 0. The molecule has 0 N–H and O–H groups in total. The Hall–Kier alpha value is -0.300. The molecule has 25 heavy (non-hydrogen) atoms. The normalized spacial score (nSPS) is 14.0. The van der Waals surface area contributed by atoms with Crippen LogP contribution >= 0.6 is 0 Å². The summed E-state index contributed by atoms with van der Waals surface area (Å²) in [4.78, 5) is 2.43. The number of rotatable bonds is 18. The molecule has 1 heteroatoms. The van der Waals surface area contributed by atoms with Gasteiger partial charge in [0.15, 0.2) is 0 Å². The van der Waals surface area contributed by atoms with Crippen LogP contribution in [0.1, 0.15) is 117 Å². The summed E-state index contributed by atoms with van der Waals surface area (Å²) >= 11 is 0. The zero-order chi connectivity index (χ0) is 18.9. The van der Waals surface area contributed by atoms with E-state index in [0.29, 0.717) is 6.04 Å². The summed E-state index contributed by atoms with van der Waals surface area (Å²) in [5, 5.41) is 0. The van der Waals surface area contributed by atoms with Gasteiger partial charge in [0.05, 0.1) is 0 Å². The topological polar surface area (TPSA) is 3.24 Å². The van der Waals surface area contributed by atoms with E-state index >= 15 is 0 Å². The van der Waals surface area contributed by atoms with Crippen LogP contribution in [0.5, 0.6) is 0 Å². The number of nitrogens with zero attached hydrogens (tertiary/aromatic N) is 1. The minimum Gasteiger partial charge on any atom is -0.306 e. The predicted octanol–water partition coefficient (Wildman–Crippen LogP) is 8.00. The van der Waals surface area contributed by atoms with Gasteiger partial charge in [-0.2, -0.15) is 0 Å². The average molecular weight is 352 g/mol. The van der Waals surface area contributed by atoms with E-state index in [1.54, 1.807) is 0 Å². The van der Waals surface area contributed by atoms with Crippen molar-refractivity contribution in [2.75, 3.05) is 14.1 Å². The lowest BCUT2D eigenvalue weighted by Gasteiger charge is -2.28. The maximum absolute atomic E-state index is 4.47. The van der Waals surface area contributed by atoms with Gasteiger partial charge in [-0.1, -0.05) is 104 Å². The fourth-order valence-electron chi connectivity index (χ4n) is 3.85. The van der Waals surface area contributed by atoms with Crippen molar-refractivity contribution in [1.29, 1.82) is 0 Å². The fourth-order valence-corrected chi connectivity index (χ4v) is 3.85. The van der Waals surface area contributed by atoms with Crippen LogP contribution < -0.4 is 0 Å². The summed E-state index contributed by atoms with van der Waals surface area (Å²) in [6.07, 6.45) is 20.6. The molecular formula is C24H49N. The molecule has 0 aromatic carbocycles. The van der Waals surface area contributed by atoms with Crippen LogP contribution in [0.3, 0.4) is 0 Å². The Kier molecular flexibility index (Phi) is 16.9. The Bertz CT molecular complexity index is 294. The summed E-state index contributed by atoms with van der Waals surface area (Å²) in [6, 6.07) is 0.688. The molecule has 0 saturated carbocycles. The standard InChI is InChI=1S/C24H49N/c1-7-10-12-13-14-15-16-17-18-20-24(25(5)6)21-22(4)23(9-3)19-11-8-2/h23-24H,4,7-21H2,1-3,5-6H3. The molecule has 0 rings (SSSR count). The zero-order valence-corrected chi connectivity index (χ0v) is 18.4. The molecule has 0 aromatic rings. The van der Waals surface area contributed by atoms with Crippen LogP contribution in [0.25, 0.3) is 0 Å². The second kappa shape index (κ2) is 17.1. The van der Waals surface area contributed by atoms with Crippen molar-refractivity contribution in [3.63, 3.8) is 0 Å². The molecule has 0 heterocycles. The van der Waals surface area contributed by atoms with E-state index in [1.807, 2.05) is 0 Å². The Balaban J connectivity index is 3.95. The lowest BCUT2D eigenvalue weighted by atomic mass is 9.87. The SMILES string of the molecule is C=C(CC(CCCCCCCCCCC)N(C)C)C(CC)CCCC. The third kappa shape index (κ3) is 13.5. The first-order valence-corrected chi connectivity index (χ1v) is 11.4. The van der Waals surface area contributed by atoms with Gasteiger partial charge in [-0.25, -0.2) is 0 Å². The summed E-state index contributed by atoms with van der Waals surface area (Å²) in [6.45, 7) is 11.4. The van der Waals surface area contributed by atoms with Crippen LogP contribution in [0.4, 0.5) is 0 Å². The van der Waals surface area contributed by atoms with Gasteiger partial charge in [0.1, 0.15) is 0 Å². The molecule has 1 nitrogen and oxygen atoms in total. The van der Waals surface area contributed by atoms with Crippen molar-refractivity contribution < 1.29 is 0 Å². The minimum absolute atomic E-state index is 0.688. The van der Waals surface area contributed by atoms with Crippen LogP contribution in [-0.4, -0.2) is 25.0 Å². The molecule has 0 aliphatic heterocycles. The molecule has 0 aliphatic carbocycles. The first-order valence-electron chi connectivity index (χ1n) is 11.4. The van der Waals surface area contributed by atoms with E-state index in [1.165, 1.54) is 102 Å². The largest absolute Gasteiger partial charge is 0.306 e. The smallest absolute Gasteiger partial charge is 0.0126 e. The molecule has 0 aromatic heterocycles. The van der Waals surface area contributed by atoms with E-state index in [9.17, 15) is 0 Å². The van der Waals surface area contributed by atoms with Gasteiger partial charge in [-0.05, 0) is 45.7 Å². The molecule has 0 radical (unpaired) electrons. The average Bonchev–Trinajstić information content (AvgIpc) is 2.59. The van der Waals surface area contributed by atoms with Crippen molar-refractivity contribution in [2.24, 2.45) is 5.92 Å². The van der Waals surface area contributed by atoms with Crippen molar-refractivity contribution in [3.05, 3.63) is 12.2 Å². The fraction of sp³-hybridized carbons (Fsp3) is 0.917. The van der Waals surface area contributed by atoms with Crippen molar-refractivity contribution in [2.45, 2.75) is 123 Å². The monoisotopic (exact) mass is 351 g/mol. The van der Waals surface area contributed by atoms with Gasteiger partial charge in [-0.3, -0.25) is 0 Å². The Morgan fingerprint density at radius 3 is 1.72 bits per heavy atom. The summed E-state index contributed by atoms with van der Waals surface area (Å²) in [7, 11) is 4.50. The van der Waals surface area contributed by atoms with E-state index in [4.69, 9.17) is 0 Å². The van der Waals surface area contributed by atoms with Crippen LogP contribution in [0, 0.1) is 5.92 Å². The quantitative estimate of drug-likeness (QED) is 0.178. The molecule has 2 unspecified atom stereocenters. The lowest BCUT2D eigenvalue weighted by Crippen LogP contribution is -2.29. The van der Waals surface area contributed by atoms with Gasteiger partial charge >= 0.3 is 0 Å². The van der Waals surface area contributed by atoms with Gasteiger partial charge in [0.25, 0.3) is 0 Å². The zero-order valence-electron chi connectivity index (χ0n) is 18.4. The third-order valence-electron chi connectivity index (χ3n) is 5.85.